The van der Waals surface area contributed by atoms with Gasteiger partial charge in [0.05, 0.1) is 11.1 Å². The van der Waals surface area contributed by atoms with E-state index in [9.17, 15) is 8.42 Å². The summed E-state index contributed by atoms with van der Waals surface area (Å²) in [7, 11) is -3.40. The van der Waals surface area contributed by atoms with Gasteiger partial charge in [0.1, 0.15) is 29.0 Å². The lowest BCUT2D eigenvalue weighted by molar-refractivity contribution is 0.381. The fraction of sp³-hybridized carbons (Fsp3) is 0.500. The Morgan fingerprint density at radius 2 is 1.93 bits per heavy atom. The topological polar surface area (TPSA) is 92.4 Å². The van der Waals surface area contributed by atoms with Crippen LogP contribution in [0.15, 0.2) is 23.2 Å². The maximum absolute atomic E-state index is 12.7. The van der Waals surface area contributed by atoms with Gasteiger partial charge in [0, 0.05) is 37.1 Å². The van der Waals surface area contributed by atoms with Gasteiger partial charge in [0.25, 0.3) is 0 Å². The molecule has 0 saturated carbocycles. The molecule has 0 atom stereocenters. The van der Waals surface area contributed by atoms with Crippen molar-refractivity contribution < 1.29 is 12.9 Å². The zero-order valence-electron chi connectivity index (χ0n) is 15.4. The minimum Gasteiger partial charge on any atom is -0.364 e. The lowest BCUT2D eigenvalue weighted by atomic mass is 9.97. The molecular weight excluding hydrogens is 398 g/mol. The molecule has 3 aromatic heterocycles. The SMILES string of the molecule is O=S(=O)(Cc1ccon1)N1CCN(c2ncnc3sc4c(c23)CCCC4)CC1. The van der Waals surface area contributed by atoms with Gasteiger partial charge in [-0.2, -0.15) is 4.31 Å². The number of thiophene rings is 1. The van der Waals surface area contributed by atoms with Crippen molar-refractivity contribution in [1.29, 1.82) is 0 Å². The van der Waals surface area contributed by atoms with Crippen molar-refractivity contribution in [3.8, 4) is 0 Å². The molecule has 28 heavy (non-hydrogen) atoms. The van der Waals surface area contributed by atoms with Gasteiger partial charge < -0.3 is 9.42 Å². The number of fused-ring (bicyclic) bond motifs is 3. The average molecular weight is 420 g/mol. The van der Waals surface area contributed by atoms with E-state index in [1.54, 1.807) is 28.0 Å². The molecule has 1 aliphatic carbocycles. The van der Waals surface area contributed by atoms with Crippen LogP contribution < -0.4 is 4.90 Å². The summed E-state index contributed by atoms with van der Waals surface area (Å²) in [6.45, 7) is 2.12. The van der Waals surface area contributed by atoms with Gasteiger partial charge in [-0.3, -0.25) is 0 Å². The van der Waals surface area contributed by atoms with Crippen molar-refractivity contribution in [3.05, 3.63) is 34.8 Å². The van der Waals surface area contributed by atoms with Crippen LogP contribution in [0.1, 0.15) is 29.0 Å². The highest BCUT2D eigenvalue weighted by molar-refractivity contribution is 7.88. The van der Waals surface area contributed by atoms with Crippen molar-refractivity contribution >= 4 is 37.4 Å². The van der Waals surface area contributed by atoms with Gasteiger partial charge in [-0.15, -0.1) is 11.3 Å². The Hall–Kier alpha value is -2.04. The molecule has 0 bridgehead atoms. The van der Waals surface area contributed by atoms with Crippen LogP contribution in [0.3, 0.4) is 0 Å². The zero-order chi connectivity index (χ0) is 19.1. The molecule has 0 radical (unpaired) electrons. The summed E-state index contributed by atoms with van der Waals surface area (Å²) >= 11 is 1.78. The number of hydrogen-bond acceptors (Lipinski definition) is 8. The third kappa shape index (κ3) is 3.19. The summed E-state index contributed by atoms with van der Waals surface area (Å²) < 4.78 is 31.6. The molecule has 0 N–H and O–H groups in total. The Morgan fingerprint density at radius 1 is 1.11 bits per heavy atom. The quantitative estimate of drug-likeness (QED) is 0.640. The maximum Gasteiger partial charge on any atom is 0.220 e. The summed E-state index contributed by atoms with van der Waals surface area (Å²) in [5.41, 5.74) is 1.84. The zero-order valence-corrected chi connectivity index (χ0v) is 17.0. The predicted octanol–water partition coefficient (Wildman–Crippen LogP) is 2.21. The molecule has 8 nitrogen and oxygen atoms in total. The van der Waals surface area contributed by atoms with Crippen LogP contribution >= 0.6 is 11.3 Å². The van der Waals surface area contributed by atoms with E-state index in [1.807, 2.05) is 0 Å². The molecular formula is C18H21N5O3S2. The van der Waals surface area contributed by atoms with Crippen LogP contribution in [0.4, 0.5) is 5.82 Å². The van der Waals surface area contributed by atoms with Crippen LogP contribution in [0.25, 0.3) is 10.2 Å². The van der Waals surface area contributed by atoms with Gasteiger partial charge >= 0.3 is 0 Å². The number of aromatic nitrogens is 3. The molecule has 0 amide bonds. The predicted molar refractivity (Wildman–Crippen MR) is 107 cm³/mol. The van der Waals surface area contributed by atoms with E-state index in [0.717, 1.165) is 23.5 Å². The van der Waals surface area contributed by atoms with E-state index in [1.165, 1.54) is 34.9 Å². The number of aryl methyl sites for hydroxylation is 2. The smallest absolute Gasteiger partial charge is 0.220 e. The van der Waals surface area contributed by atoms with Gasteiger partial charge in [-0.1, -0.05) is 5.16 Å². The van der Waals surface area contributed by atoms with Crippen molar-refractivity contribution in [3.63, 3.8) is 0 Å². The van der Waals surface area contributed by atoms with E-state index in [2.05, 4.69) is 20.0 Å². The second kappa shape index (κ2) is 7.09. The fourth-order valence-electron chi connectivity index (χ4n) is 4.08. The number of anilines is 1. The maximum atomic E-state index is 12.7. The van der Waals surface area contributed by atoms with Crippen LogP contribution in [-0.4, -0.2) is 54.0 Å². The molecule has 10 heteroatoms. The first-order valence-electron chi connectivity index (χ1n) is 9.49. The van der Waals surface area contributed by atoms with Gasteiger partial charge in [0.15, 0.2) is 0 Å². The summed E-state index contributed by atoms with van der Waals surface area (Å²) in [4.78, 5) is 13.8. The van der Waals surface area contributed by atoms with Crippen LogP contribution in [-0.2, 0) is 28.6 Å². The van der Waals surface area contributed by atoms with Crippen LogP contribution in [0.2, 0.25) is 0 Å². The number of rotatable bonds is 4. The van der Waals surface area contributed by atoms with Gasteiger partial charge in [0.2, 0.25) is 10.0 Å². The highest BCUT2D eigenvalue weighted by Gasteiger charge is 2.30. The molecule has 0 spiro atoms. The van der Waals surface area contributed by atoms with Crippen molar-refractivity contribution in [2.45, 2.75) is 31.4 Å². The van der Waals surface area contributed by atoms with Crippen molar-refractivity contribution in [2.75, 3.05) is 31.1 Å². The number of sulfonamides is 1. The second-order valence-corrected chi connectivity index (χ2v) is 10.3. The number of nitrogens with zero attached hydrogens (tertiary/aromatic N) is 5. The highest BCUT2D eigenvalue weighted by atomic mass is 32.2. The molecule has 2 aliphatic rings. The Balaban J connectivity index is 1.37. The Kier molecular flexibility index (Phi) is 4.56. The third-order valence-corrected chi connectivity index (χ3v) is 8.50. The molecule has 1 saturated heterocycles. The molecule has 0 aromatic carbocycles. The fourth-order valence-corrected chi connectivity index (χ4v) is 6.73. The Morgan fingerprint density at radius 3 is 2.71 bits per heavy atom. The van der Waals surface area contributed by atoms with E-state index in [4.69, 9.17) is 4.52 Å². The summed E-state index contributed by atoms with van der Waals surface area (Å²) in [5.74, 6) is 0.831. The van der Waals surface area contributed by atoms with E-state index in [0.29, 0.717) is 31.9 Å². The Labute approximate surface area is 167 Å². The summed E-state index contributed by atoms with van der Waals surface area (Å²) in [6, 6.07) is 1.59. The molecule has 3 aromatic rings. The number of hydrogen-bond donors (Lipinski definition) is 0. The normalized spacial score (nSPS) is 18.5. The second-order valence-electron chi connectivity index (χ2n) is 7.22. The minimum absolute atomic E-state index is 0.126. The van der Waals surface area contributed by atoms with Crippen molar-refractivity contribution in [2.24, 2.45) is 0 Å². The standard InChI is InChI=1S/C18H21N5O3S2/c24-28(25,11-13-5-10-26-21-13)23-8-6-22(7-9-23)17-16-14-3-1-2-4-15(14)27-18(16)20-12-19-17/h5,10,12H,1-4,6-9,11H2. The average Bonchev–Trinajstić information content (AvgIpc) is 3.34. The van der Waals surface area contributed by atoms with E-state index < -0.39 is 10.0 Å². The first-order chi connectivity index (χ1) is 13.6. The Bertz CT molecular complexity index is 1090. The molecule has 1 fully saturated rings. The summed E-state index contributed by atoms with van der Waals surface area (Å²) in [5, 5.41) is 4.90. The van der Waals surface area contributed by atoms with Gasteiger partial charge in [-0.25, -0.2) is 18.4 Å². The lowest BCUT2D eigenvalue weighted by Crippen LogP contribution is -2.49. The lowest BCUT2D eigenvalue weighted by Gasteiger charge is -2.35. The summed E-state index contributed by atoms with van der Waals surface area (Å²) in [6.07, 6.45) is 7.69. The molecule has 1 aliphatic heterocycles. The van der Waals surface area contributed by atoms with E-state index in [-0.39, 0.29) is 5.75 Å². The number of piperazine rings is 1. The van der Waals surface area contributed by atoms with Crippen molar-refractivity contribution in [1.82, 2.24) is 19.4 Å². The molecule has 4 heterocycles. The largest absolute Gasteiger partial charge is 0.364 e. The molecule has 5 rings (SSSR count). The minimum atomic E-state index is -3.40. The first kappa shape index (κ1) is 18.0. The van der Waals surface area contributed by atoms with E-state index >= 15 is 0 Å². The molecule has 0 unspecified atom stereocenters. The first-order valence-corrected chi connectivity index (χ1v) is 11.9. The third-order valence-electron chi connectivity index (χ3n) is 5.48. The van der Waals surface area contributed by atoms with Crippen LogP contribution in [0, 0.1) is 0 Å². The molecule has 148 valence electrons. The monoisotopic (exact) mass is 419 g/mol. The highest BCUT2D eigenvalue weighted by Crippen LogP contribution is 2.39. The van der Waals surface area contributed by atoms with Gasteiger partial charge in [-0.05, 0) is 31.2 Å². The van der Waals surface area contributed by atoms with Crippen LogP contribution in [0.5, 0.6) is 0 Å².